The van der Waals surface area contributed by atoms with Crippen LogP contribution in [0.15, 0.2) is 35.4 Å². The van der Waals surface area contributed by atoms with E-state index in [2.05, 4.69) is 0 Å². The molecule has 0 unspecified atom stereocenters. The lowest BCUT2D eigenvalue weighted by Crippen LogP contribution is -2.22. The van der Waals surface area contributed by atoms with Crippen LogP contribution in [0.1, 0.15) is 36.0 Å². The largest absolute Gasteiger partial charge is 0.380 e. The Hall–Kier alpha value is -1.45. The molecule has 18 heavy (non-hydrogen) atoms. The maximum atomic E-state index is 12.4. The molecule has 0 bridgehead atoms. The zero-order chi connectivity index (χ0) is 13.1. The van der Waals surface area contributed by atoms with E-state index in [1.807, 2.05) is 38.1 Å². The maximum Gasteiger partial charge on any atom is 0.202 e. The molecule has 0 spiro atoms. The Morgan fingerprint density at radius 2 is 1.94 bits per heavy atom. The Labute approximate surface area is 110 Å². The van der Waals surface area contributed by atoms with Gasteiger partial charge in [0.15, 0.2) is 0 Å². The van der Waals surface area contributed by atoms with Crippen molar-refractivity contribution < 1.29 is 9.90 Å². The van der Waals surface area contributed by atoms with Gasteiger partial charge in [0.25, 0.3) is 0 Å². The highest BCUT2D eigenvalue weighted by Gasteiger charge is 2.46. The first-order valence-electron chi connectivity index (χ1n) is 5.91. The highest BCUT2D eigenvalue weighted by Crippen LogP contribution is 2.49. The molecule has 1 aromatic heterocycles. The monoisotopic (exact) mass is 258 g/mol. The first kappa shape index (κ1) is 11.6. The third kappa shape index (κ3) is 1.29. The Morgan fingerprint density at radius 3 is 2.61 bits per heavy atom. The normalized spacial score (nSPS) is 22.7. The van der Waals surface area contributed by atoms with Crippen LogP contribution in [0.5, 0.6) is 0 Å². The maximum absolute atomic E-state index is 12.4. The lowest BCUT2D eigenvalue weighted by Gasteiger charge is -2.20. The molecule has 0 amide bonds. The van der Waals surface area contributed by atoms with Crippen molar-refractivity contribution in [2.45, 2.75) is 26.4 Å². The summed E-state index contributed by atoms with van der Waals surface area (Å²) in [5.41, 5.74) is 1.04. The summed E-state index contributed by atoms with van der Waals surface area (Å²) in [7, 11) is 0. The molecule has 1 aliphatic carbocycles. The molecule has 92 valence electrons. The highest BCUT2D eigenvalue weighted by atomic mass is 32.1. The number of carbonyl (C=O) groups excluding carboxylic acids is 1. The summed E-state index contributed by atoms with van der Waals surface area (Å²) in [6.45, 7) is 5.47. The zero-order valence-corrected chi connectivity index (χ0v) is 11.4. The van der Waals surface area contributed by atoms with Gasteiger partial charge in [-0.05, 0) is 32.2 Å². The van der Waals surface area contributed by atoms with Crippen LogP contribution in [0.2, 0.25) is 0 Å². The molecule has 1 aliphatic rings. The first-order valence-corrected chi connectivity index (χ1v) is 6.73. The Balaban J connectivity index is 2.44. The molecule has 1 N–H and O–H groups in total. The van der Waals surface area contributed by atoms with Crippen molar-refractivity contribution in [2.24, 2.45) is 0 Å². The second-order valence-electron chi connectivity index (χ2n) is 5.08. The van der Waals surface area contributed by atoms with E-state index in [0.717, 1.165) is 21.2 Å². The van der Waals surface area contributed by atoms with Gasteiger partial charge in [0.2, 0.25) is 5.78 Å². The molecule has 0 saturated heterocycles. The third-order valence-electron chi connectivity index (χ3n) is 3.50. The van der Waals surface area contributed by atoms with Gasteiger partial charge in [-0.3, -0.25) is 4.79 Å². The number of Topliss-reactive ketones (excluding diaryl/α,β-unsaturated/α-hetero) is 1. The van der Waals surface area contributed by atoms with Crippen LogP contribution in [-0.4, -0.2) is 10.9 Å². The van der Waals surface area contributed by atoms with Crippen LogP contribution in [0.4, 0.5) is 0 Å². The Kier molecular flexibility index (Phi) is 2.28. The van der Waals surface area contributed by atoms with Crippen molar-refractivity contribution in [2.75, 3.05) is 0 Å². The van der Waals surface area contributed by atoms with Gasteiger partial charge in [-0.15, -0.1) is 11.3 Å². The number of hydrogen-bond donors (Lipinski definition) is 1. The van der Waals surface area contributed by atoms with Crippen molar-refractivity contribution in [3.05, 3.63) is 45.9 Å². The zero-order valence-electron chi connectivity index (χ0n) is 10.6. The summed E-state index contributed by atoms with van der Waals surface area (Å²) in [6, 6.07) is 7.86. The van der Waals surface area contributed by atoms with Crippen molar-refractivity contribution in [3.63, 3.8) is 0 Å². The van der Waals surface area contributed by atoms with Gasteiger partial charge in [-0.25, -0.2) is 0 Å². The molecular formula is C15H14O2S. The smallest absolute Gasteiger partial charge is 0.202 e. The molecule has 0 saturated carbocycles. The minimum Gasteiger partial charge on any atom is -0.380 e. The molecule has 1 aromatic carbocycles. The fourth-order valence-electron chi connectivity index (χ4n) is 2.86. The Bertz CT molecular complexity index is 700. The number of thiophene rings is 1. The van der Waals surface area contributed by atoms with E-state index >= 15 is 0 Å². The average molecular weight is 258 g/mol. The molecular weight excluding hydrogens is 244 g/mol. The second-order valence-corrected chi connectivity index (χ2v) is 6.13. The van der Waals surface area contributed by atoms with E-state index in [9.17, 15) is 9.90 Å². The van der Waals surface area contributed by atoms with Gasteiger partial charge < -0.3 is 5.11 Å². The first-order chi connectivity index (χ1) is 8.44. The number of ketones is 1. The SMILES string of the molecule is CC(C)=C1C(=O)c2sc3ccccc3c2[C@]1(C)O. The number of rotatable bonds is 0. The summed E-state index contributed by atoms with van der Waals surface area (Å²) in [4.78, 5) is 13.1. The van der Waals surface area contributed by atoms with Crippen LogP contribution in [0, 0.1) is 0 Å². The summed E-state index contributed by atoms with van der Waals surface area (Å²) in [6.07, 6.45) is 0. The minimum absolute atomic E-state index is 0.0174. The highest BCUT2D eigenvalue weighted by molar-refractivity contribution is 7.21. The van der Waals surface area contributed by atoms with E-state index in [1.165, 1.54) is 11.3 Å². The summed E-state index contributed by atoms with van der Waals surface area (Å²) in [5, 5.41) is 11.8. The number of hydrogen-bond acceptors (Lipinski definition) is 3. The predicted octanol–water partition coefficient (Wildman–Crippen LogP) is 3.64. The molecule has 1 heterocycles. The molecule has 1 atom stereocenters. The number of aliphatic hydroxyl groups is 1. The van der Waals surface area contributed by atoms with Crippen LogP contribution in [-0.2, 0) is 5.60 Å². The quantitative estimate of drug-likeness (QED) is 0.732. The number of fused-ring (bicyclic) bond motifs is 3. The van der Waals surface area contributed by atoms with Crippen LogP contribution in [0.3, 0.4) is 0 Å². The van der Waals surface area contributed by atoms with Gasteiger partial charge in [0, 0.05) is 15.8 Å². The van der Waals surface area contributed by atoms with Crippen molar-refractivity contribution in [3.8, 4) is 0 Å². The molecule has 0 aliphatic heterocycles. The number of benzene rings is 1. The number of carbonyl (C=O) groups is 1. The van der Waals surface area contributed by atoms with Crippen LogP contribution < -0.4 is 0 Å². The van der Waals surface area contributed by atoms with Crippen molar-refractivity contribution in [1.82, 2.24) is 0 Å². The molecule has 0 fully saturated rings. The van der Waals surface area contributed by atoms with E-state index in [0.29, 0.717) is 10.5 Å². The third-order valence-corrected chi connectivity index (χ3v) is 4.67. The van der Waals surface area contributed by atoms with E-state index in [1.54, 1.807) is 6.92 Å². The molecule has 0 radical (unpaired) electrons. The predicted molar refractivity (Wildman–Crippen MR) is 74.1 cm³/mol. The fourth-order valence-corrected chi connectivity index (χ4v) is 4.11. The van der Waals surface area contributed by atoms with E-state index < -0.39 is 5.60 Å². The molecule has 2 aromatic rings. The molecule has 3 heteroatoms. The summed E-state index contributed by atoms with van der Waals surface area (Å²) < 4.78 is 1.06. The van der Waals surface area contributed by atoms with Crippen LogP contribution in [0.25, 0.3) is 10.1 Å². The van der Waals surface area contributed by atoms with Gasteiger partial charge in [-0.1, -0.05) is 23.8 Å². The summed E-state index contributed by atoms with van der Waals surface area (Å²) >= 11 is 1.47. The average Bonchev–Trinajstić information content (AvgIpc) is 2.74. The van der Waals surface area contributed by atoms with Crippen molar-refractivity contribution >= 4 is 27.2 Å². The fraction of sp³-hybridized carbons (Fsp3) is 0.267. The van der Waals surface area contributed by atoms with E-state index in [-0.39, 0.29) is 5.78 Å². The lowest BCUT2D eigenvalue weighted by molar-refractivity contribution is 0.0868. The molecule has 3 rings (SSSR count). The second kappa shape index (κ2) is 3.53. The minimum atomic E-state index is -1.16. The van der Waals surface area contributed by atoms with Gasteiger partial charge in [0.1, 0.15) is 5.60 Å². The van der Waals surface area contributed by atoms with Gasteiger partial charge in [-0.2, -0.15) is 0 Å². The molecule has 2 nitrogen and oxygen atoms in total. The van der Waals surface area contributed by atoms with Crippen molar-refractivity contribution in [1.29, 1.82) is 0 Å². The van der Waals surface area contributed by atoms with Gasteiger partial charge in [0.05, 0.1) is 4.88 Å². The van der Waals surface area contributed by atoms with Gasteiger partial charge >= 0.3 is 0 Å². The standard InChI is InChI=1S/C15H14O2S/c1-8(2)11-13(16)14-12(15(11,3)17)9-6-4-5-7-10(9)18-14/h4-7,17H,1-3H3/t15-/m1/s1. The Morgan fingerprint density at radius 1 is 1.28 bits per heavy atom. The summed E-state index contributed by atoms with van der Waals surface area (Å²) in [5.74, 6) is -0.0174. The number of allylic oxidation sites excluding steroid dienone is 1. The van der Waals surface area contributed by atoms with E-state index in [4.69, 9.17) is 0 Å². The lowest BCUT2D eigenvalue weighted by atomic mass is 9.90. The van der Waals surface area contributed by atoms with Crippen LogP contribution >= 0.6 is 11.3 Å². The topological polar surface area (TPSA) is 37.3 Å².